The van der Waals surface area contributed by atoms with Crippen molar-refractivity contribution >= 4 is 11.7 Å². The molecule has 0 aliphatic rings. The van der Waals surface area contributed by atoms with E-state index in [0.29, 0.717) is 23.9 Å². The van der Waals surface area contributed by atoms with Crippen molar-refractivity contribution < 1.29 is 14.3 Å². The van der Waals surface area contributed by atoms with E-state index >= 15 is 0 Å². The molecule has 0 spiro atoms. The number of nitrogens with zero attached hydrogens (tertiary/aromatic N) is 2. The summed E-state index contributed by atoms with van der Waals surface area (Å²) in [7, 11) is 0. The van der Waals surface area contributed by atoms with E-state index in [1.54, 1.807) is 37.6 Å². The van der Waals surface area contributed by atoms with Crippen molar-refractivity contribution in [1.82, 2.24) is 9.97 Å². The molecule has 6 nitrogen and oxygen atoms in total. The molecule has 156 valence electrons. The highest BCUT2D eigenvalue weighted by Gasteiger charge is 2.18. The van der Waals surface area contributed by atoms with Gasteiger partial charge < -0.3 is 14.8 Å². The summed E-state index contributed by atoms with van der Waals surface area (Å²) in [6.45, 7) is 8.51. The molecule has 1 N–H and O–H groups in total. The number of hydrogen-bond donors (Lipinski definition) is 1. The van der Waals surface area contributed by atoms with Gasteiger partial charge in [-0.2, -0.15) is 0 Å². The van der Waals surface area contributed by atoms with Crippen molar-refractivity contribution in [3.63, 3.8) is 0 Å². The van der Waals surface area contributed by atoms with Crippen LogP contribution in [0, 0.1) is 0 Å². The van der Waals surface area contributed by atoms with E-state index in [0.717, 1.165) is 5.56 Å². The summed E-state index contributed by atoms with van der Waals surface area (Å²) in [5, 5.41) is 2.79. The lowest BCUT2D eigenvalue weighted by molar-refractivity contribution is -0.122. The van der Waals surface area contributed by atoms with Crippen LogP contribution in [0.3, 0.4) is 0 Å². The molecule has 2 aromatic heterocycles. The van der Waals surface area contributed by atoms with Gasteiger partial charge in [0.15, 0.2) is 17.7 Å². The van der Waals surface area contributed by atoms with Gasteiger partial charge in [-0.05, 0) is 59.9 Å². The SMILES string of the molecule is CC(Oc1ccc(C(C)(C)C)cc1)C(=O)Nc1ncccc1OCc1ccncc1. The number of carbonyl (C=O) groups excluding carboxylic acids is 1. The summed E-state index contributed by atoms with van der Waals surface area (Å²) in [6, 6.07) is 15.1. The zero-order valence-corrected chi connectivity index (χ0v) is 17.8. The van der Waals surface area contributed by atoms with Crippen LogP contribution in [0.25, 0.3) is 0 Å². The predicted octanol–water partition coefficient (Wildman–Crippen LogP) is 4.76. The Morgan fingerprint density at radius 2 is 1.73 bits per heavy atom. The molecule has 0 aliphatic carbocycles. The molecule has 0 saturated heterocycles. The molecule has 0 fully saturated rings. The van der Waals surface area contributed by atoms with E-state index in [-0.39, 0.29) is 11.3 Å². The summed E-state index contributed by atoms with van der Waals surface area (Å²) in [6.07, 6.45) is 4.32. The van der Waals surface area contributed by atoms with Crippen molar-refractivity contribution in [1.29, 1.82) is 0 Å². The molecule has 0 saturated carbocycles. The number of nitrogens with one attached hydrogen (secondary N) is 1. The van der Waals surface area contributed by atoms with Gasteiger partial charge in [-0.15, -0.1) is 0 Å². The fraction of sp³-hybridized carbons (Fsp3) is 0.292. The second kappa shape index (κ2) is 9.39. The fourth-order valence-corrected chi connectivity index (χ4v) is 2.75. The van der Waals surface area contributed by atoms with Gasteiger partial charge in [0.1, 0.15) is 12.4 Å². The normalized spacial score (nSPS) is 12.1. The fourth-order valence-electron chi connectivity index (χ4n) is 2.75. The van der Waals surface area contributed by atoms with Gasteiger partial charge in [0, 0.05) is 18.6 Å². The van der Waals surface area contributed by atoms with E-state index in [4.69, 9.17) is 9.47 Å². The Morgan fingerprint density at radius 1 is 1.03 bits per heavy atom. The lowest BCUT2D eigenvalue weighted by Gasteiger charge is -2.20. The quantitative estimate of drug-likeness (QED) is 0.614. The van der Waals surface area contributed by atoms with Crippen molar-refractivity contribution in [3.8, 4) is 11.5 Å². The minimum Gasteiger partial charge on any atom is -0.485 e. The monoisotopic (exact) mass is 405 g/mol. The second-order valence-corrected chi connectivity index (χ2v) is 8.02. The average Bonchev–Trinajstić information content (AvgIpc) is 2.73. The maximum atomic E-state index is 12.6. The van der Waals surface area contributed by atoms with E-state index < -0.39 is 6.10 Å². The molecule has 0 bridgehead atoms. The highest BCUT2D eigenvalue weighted by Crippen LogP contribution is 2.25. The smallest absolute Gasteiger partial charge is 0.266 e. The molecule has 1 amide bonds. The van der Waals surface area contributed by atoms with Gasteiger partial charge in [0.25, 0.3) is 5.91 Å². The number of pyridine rings is 2. The summed E-state index contributed by atoms with van der Waals surface area (Å²) >= 11 is 0. The van der Waals surface area contributed by atoms with Crippen LogP contribution in [0.15, 0.2) is 67.1 Å². The Balaban J connectivity index is 1.61. The maximum Gasteiger partial charge on any atom is 0.266 e. The minimum absolute atomic E-state index is 0.0627. The number of hydrogen-bond acceptors (Lipinski definition) is 5. The molecule has 1 atom stereocenters. The number of benzene rings is 1. The van der Waals surface area contributed by atoms with Gasteiger partial charge in [-0.25, -0.2) is 4.98 Å². The van der Waals surface area contributed by atoms with Gasteiger partial charge >= 0.3 is 0 Å². The van der Waals surface area contributed by atoms with Crippen molar-refractivity contribution in [2.75, 3.05) is 5.32 Å². The summed E-state index contributed by atoms with van der Waals surface area (Å²) in [4.78, 5) is 20.9. The molecule has 30 heavy (non-hydrogen) atoms. The number of carbonyl (C=O) groups is 1. The standard InChI is InChI=1S/C24H27N3O3/c1-17(30-20-9-7-19(8-10-20)24(2,3)4)23(28)27-22-21(6-5-13-26-22)29-16-18-11-14-25-15-12-18/h5-15,17H,16H2,1-4H3,(H,26,27,28). The molecule has 0 aliphatic heterocycles. The topological polar surface area (TPSA) is 73.3 Å². The van der Waals surface area contributed by atoms with Crippen LogP contribution < -0.4 is 14.8 Å². The van der Waals surface area contributed by atoms with Crippen LogP contribution in [-0.2, 0) is 16.8 Å². The average molecular weight is 405 g/mol. The molecule has 2 heterocycles. The van der Waals surface area contributed by atoms with Crippen LogP contribution in [0.2, 0.25) is 0 Å². The first-order valence-corrected chi connectivity index (χ1v) is 9.88. The lowest BCUT2D eigenvalue weighted by Crippen LogP contribution is -2.30. The van der Waals surface area contributed by atoms with Crippen LogP contribution in [0.1, 0.15) is 38.8 Å². The van der Waals surface area contributed by atoms with Crippen molar-refractivity contribution in [3.05, 3.63) is 78.2 Å². The van der Waals surface area contributed by atoms with Gasteiger partial charge in [-0.3, -0.25) is 9.78 Å². The molecule has 0 radical (unpaired) electrons. The molecule has 1 aromatic carbocycles. The van der Waals surface area contributed by atoms with Crippen LogP contribution >= 0.6 is 0 Å². The highest BCUT2D eigenvalue weighted by molar-refractivity contribution is 5.94. The van der Waals surface area contributed by atoms with Gasteiger partial charge in [0.2, 0.25) is 0 Å². The molecule has 1 unspecified atom stereocenters. The Labute approximate surface area is 177 Å². The second-order valence-electron chi connectivity index (χ2n) is 8.02. The first kappa shape index (κ1) is 21.3. The highest BCUT2D eigenvalue weighted by atomic mass is 16.5. The van der Waals surface area contributed by atoms with Gasteiger partial charge in [0.05, 0.1) is 0 Å². The van der Waals surface area contributed by atoms with E-state index in [9.17, 15) is 4.79 Å². The van der Waals surface area contributed by atoms with Gasteiger partial charge in [-0.1, -0.05) is 32.9 Å². The third-order valence-electron chi connectivity index (χ3n) is 4.56. The Bertz CT molecular complexity index is 967. The number of amides is 1. The number of aromatic nitrogens is 2. The summed E-state index contributed by atoms with van der Waals surface area (Å²) in [5.41, 5.74) is 2.24. The molecule has 3 aromatic rings. The largest absolute Gasteiger partial charge is 0.485 e. The third kappa shape index (κ3) is 5.80. The Morgan fingerprint density at radius 3 is 2.40 bits per heavy atom. The van der Waals surface area contributed by atoms with Crippen LogP contribution in [0.4, 0.5) is 5.82 Å². The van der Waals surface area contributed by atoms with Crippen LogP contribution in [0.5, 0.6) is 11.5 Å². The predicted molar refractivity (Wildman–Crippen MR) is 117 cm³/mol. The van der Waals surface area contributed by atoms with Crippen molar-refractivity contribution in [2.45, 2.75) is 45.8 Å². The molecular formula is C24H27N3O3. The van der Waals surface area contributed by atoms with Crippen LogP contribution in [-0.4, -0.2) is 22.0 Å². The molecule has 3 rings (SSSR count). The number of rotatable bonds is 7. The molecular weight excluding hydrogens is 378 g/mol. The van der Waals surface area contributed by atoms with E-state index in [2.05, 4.69) is 36.1 Å². The number of ether oxygens (including phenoxy) is 2. The maximum absolute atomic E-state index is 12.6. The number of anilines is 1. The summed E-state index contributed by atoms with van der Waals surface area (Å²) in [5.74, 6) is 1.18. The first-order chi connectivity index (χ1) is 14.3. The third-order valence-corrected chi connectivity index (χ3v) is 4.56. The minimum atomic E-state index is -0.694. The Hall–Kier alpha value is -3.41. The summed E-state index contributed by atoms with van der Waals surface area (Å²) < 4.78 is 11.6. The lowest BCUT2D eigenvalue weighted by atomic mass is 9.87. The zero-order chi connectivity index (χ0) is 21.6. The first-order valence-electron chi connectivity index (χ1n) is 9.88. The zero-order valence-electron chi connectivity index (χ0n) is 17.8. The Kier molecular flexibility index (Phi) is 6.67. The van der Waals surface area contributed by atoms with Crippen molar-refractivity contribution in [2.24, 2.45) is 0 Å². The van der Waals surface area contributed by atoms with E-state index in [1.165, 1.54) is 5.56 Å². The molecule has 6 heteroatoms. The van der Waals surface area contributed by atoms with E-state index in [1.807, 2.05) is 36.4 Å².